The number of hydrogen-bond acceptors (Lipinski definition) is 5. The van der Waals surface area contributed by atoms with E-state index in [1.807, 2.05) is 24.9 Å². The molecular formula is C13H19N5O. The monoisotopic (exact) mass is 261 g/mol. The fraction of sp³-hybridized carbons (Fsp3) is 0.462. The maximum Gasteiger partial charge on any atom is 0.227 e. The third-order valence-corrected chi connectivity index (χ3v) is 2.77. The van der Waals surface area contributed by atoms with Gasteiger partial charge in [-0.25, -0.2) is 9.97 Å². The molecule has 0 aliphatic rings. The van der Waals surface area contributed by atoms with Crippen molar-refractivity contribution in [1.29, 1.82) is 0 Å². The smallest absolute Gasteiger partial charge is 0.227 e. The van der Waals surface area contributed by atoms with E-state index in [1.54, 1.807) is 6.20 Å². The van der Waals surface area contributed by atoms with Crippen LogP contribution >= 0.6 is 0 Å². The zero-order valence-electron chi connectivity index (χ0n) is 11.6. The van der Waals surface area contributed by atoms with Crippen molar-refractivity contribution in [3.8, 4) is 11.6 Å². The lowest BCUT2D eigenvalue weighted by Crippen LogP contribution is -2.02. The lowest BCUT2D eigenvalue weighted by Gasteiger charge is -2.10. The topological polar surface area (TPSA) is 64.9 Å². The van der Waals surface area contributed by atoms with Gasteiger partial charge in [0.1, 0.15) is 12.1 Å². The minimum absolute atomic E-state index is 0.581. The molecule has 1 N–H and O–H groups in total. The van der Waals surface area contributed by atoms with Crippen molar-refractivity contribution in [2.45, 2.75) is 33.2 Å². The summed E-state index contributed by atoms with van der Waals surface area (Å²) < 4.78 is 7.66. The van der Waals surface area contributed by atoms with Gasteiger partial charge in [-0.1, -0.05) is 13.8 Å². The number of ether oxygens (including phenoxy) is 1. The van der Waals surface area contributed by atoms with Crippen LogP contribution in [-0.2, 0) is 13.0 Å². The molecule has 2 rings (SSSR count). The summed E-state index contributed by atoms with van der Waals surface area (Å²) in [6.45, 7) is 5.05. The van der Waals surface area contributed by atoms with Crippen LogP contribution < -0.4 is 10.1 Å². The van der Waals surface area contributed by atoms with E-state index in [1.165, 1.54) is 6.33 Å². The molecule has 6 heteroatoms. The molecule has 0 unspecified atom stereocenters. The number of rotatable bonds is 6. The average Bonchev–Trinajstić information content (AvgIpc) is 2.86. The van der Waals surface area contributed by atoms with Crippen LogP contribution in [0.2, 0.25) is 0 Å². The van der Waals surface area contributed by atoms with Crippen LogP contribution in [0.3, 0.4) is 0 Å². The van der Waals surface area contributed by atoms with Gasteiger partial charge in [0.2, 0.25) is 5.88 Å². The Morgan fingerprint density at radius 2 is 2.16 bits per heavy atom. The first-order valence-electron chi connectivity index (χ1n) is 6.50. The van der Waals surface area contributed by atoms with E-state index in [0.29, 0.717) is 11.6 Å². The summed E-state index contributed by atoms with van der Waals surface area (Å²) in [6, 6.07) is 0. The van der Waals surface area contributed by atoms with E-state index < -0.39 is 0 Å². The summed E-state index contributed by atoms with van der Waals surface area (Å²) in [7, 11) is 1.84. The van der Waals surface area contributed by atoms with Crippen LogP contribution in [0, 0.1) is 0 Å². The Balaban J connectivity index is 2.22. The zero-order valence-corrected chi connectivity index (χ0v) is 11.6. The number of aryl methyl sites for hydroxylation is 1. The fourth-order valence-corrected chi connectivity index (χ4v) is 1.88. The zero-order chi connectivity index (χ0) is 13.7. The second-order valence-electron chi connectivity index (χ2n) is 4.15. The molecule has 0 fully saturated rings. The Labute approximate surface area is 112 Å². The van der Waals surface area contributed by atoms with E-state index in [2.05, 4.69) is 27.3 Å². The molecule has 19 heavy (non-hydrogen) atoms. The highest BCUT2D eigenvalue weighted by atomic mass is 16.5. The van der Waals surface area contributed by atoms with Crippen molar-refractivity contribution in [2.24, 2.45) is 0 Å². The first kappa shape index (κ1) is 13.3. The second-order valence-corrected chi connectivity index (χ2v) is 4.15. The molecule has 0 bridgehead atoms. The number of aromatic nitrogens is 4. The highest BCUT2D eigenvalue weighted by molar-refractivity contribution is 5.49. The molecule has 0 radical (unpaired) electrons. The van der Waals surface area contributed by atoms with Gasteiger partial charge in [0.05, 0.1) is 18.0 Å². The van der Waals surface area contributed by atoms with Crippen LogP contribution in [0.15, 0.2) is 18.7 Å². The van der Waals surface area contributed by atoms with Crippen LogP contribution in [0.1, 0.15) is 25.8 Å². The summed E-state index contributed by atoms with van der Waals surface area (Å²) in [4.78, 5) is 8.38. The third kappa shape index (κ3) is 3.01. The predicted molar refractivity (Wildman–Crippen MR) is 73.5 cm³/mol. The van der Waals surface area contributed by atoms with Crippen molar-refractivity contribution >= 4 is 5.82 Å². The third-order valence-electron chi connectivity index (χ3n) is 2.77. The first-order valence-corrected chi connectivity index (χ1v) is 6.50. The highest BCUT2D eigenvalue weighted by Crippen LogP contribution is 2.26. The van der Waals surface area contributed by atoms with Gasteiger partial charge in [0.15, 0.2) is 5.75 Å². The minimum Gasteiger partial charge on any atom is -0.435 e. The van der Waals surface area contributed by atoms with E-state index in [4.69, 9.17) is 4.74 Å². The Morgan fingerprint density at radius 3 is 2.84 bits per heavy atom. The Morgan fingerprint density at radius 1 is 1.32 bits per heavy atom. The van der Waals surface area contributed by atoms with Gasteiger partial charge in [0, 0.05) is 13.6 Å². The van der Waals surface area contributed by atoms with Crippen molar-refractivity contribution in [3.63, 3.8) is 0 Å². The van der Waals surface area contributed by atoms with Gasteiger partial charge in [-0.05, 0) is 12.8 Å². The van der Waals surface area contributed by atoms with Crippen molar-refractivity contribution in [3.05, 3.63) is 24.3 Å². The van der Waals surface area contributed by atoms with Gasteiger partial charge < -0.3 is 10.1 Å². The molecule has 6 nitrogen and oxygen atoms in total. The first-order chi connectivity index (χ1) is 9.28. The molecule has 0 aromatic carbocycles. The molecule has 0 spiro atoms. The Hall–Kier alpha value is -2.11. The van der Waals surface area contributed by atoms with Crippen molar-refractivity contribution in [1.82, 2.24) is 19.7 Å². The summed E-state index contributed by atoms with van der Waals surface area (Å²) in [5, 5.41) is 7.28. The normalized spacial score (nSPS) is 10.5. The van der Waals surface area contributed by atoms with Crippen molar-refractivity contribution < 1.29 is 4.74 Å². The summed E-state index contributed by atoms with van der Waals surface area (Å²) in [5.74, 6) is 2.08. The molecule has 102 valence electrons. The molecule has 0 aliphatic carbocycles. The number of anilines is 1. The number of nitrogens with one attached hydrogen (secondary N) is 1. The molecule has 0 saturated carbocycles. The van der Waals surface area contributed by atoms with Gasteiger partial charge in [-0.3, -0.25) is 4.68 Å². The van der Waals surface area contributed by atoms with Crippen LogP contribution in [0.4, 0.5) is 5.82 Å². The van der Waals surface area contributed by atoms with E-state index in [-0.39, 0.29) is 0 Å². The molecule has 0 aliphatic heterocycles. The number of nitrogens with zero attached hydrogens (tertiary/aromatic N) is 4. The second kappa shape index (κ2) is 6.17. The number of hydrogen-bond donors (Lipinski definition) is 1. The lowest BCUT2D eigenvalue weighted by atomic mass is 10.2. The molecule has 0 atom stereocenters. The largest absolute Gasteiger partial charge is 0.435 e. The molecule has 2 aromatic heterocycles. The fourth-order valence-electron chi connectivity index (χ4n) is 1.88. The van der Waals surface area contributed by atoms with Crippen molar-refractivity contribution in [2.75, 3.05) is 12.4 Å². The van der Waals surface area contributed by atoms with Crippen LogP contribution in [0.5, 0.6) is 11.6 Å². The van der Waals surface area contributed by atoms with Crippen LogP contribution in [-0.4, -0.2) is 26.8 Å². The van der Waals surface area contributed by atoms with E-state index in [0.717, 1.165) is 30.8 Å². The Bertz CT molecular complexity index is 538. The maximum absolute atomic E-state index is 5.80. The molecule has 0 amide bonds. The van der Waals surface area contributed by atoms with E-state index in [9.17, 15) is 0 Å². The minimum atomic E-state index is 0.581. The Kier molecular flexibility index (Phi) is 4.33. The van der Waals surface area contributed by atoms with E-state index >= 15 is 0 Å². The molecule has 0 saturated heterocycles. The molecule has 2 heterocycles. The summed E-state index contributed by atoms with van der Waals surface area (Å²) >= 11 is 0. The van der Waals surface area contributed by atoms with Gasteiger partial charge >= 0.3 is 0 Å². The summed E-state index contributed by atoms with van der Waals surface area (Å²) in [5.41, 5.74) is 0.966. The molecular weight excluding hydrogens is 242 g/mol. The SMILES string of the molecule is CCCn1cc(Oc2ncnc(NC)c2CC)cn1. The predicted octanol–water partition coefficient (Wildman–Crippen LogP) is 2.48. The molecule has 2 aromatic rings. The quantitative estimate of drug-likeness (QED) is 0.865. The van der Waals surface area contributed by atoms with Gasteiger partial charge in [-0.2, -0.15) is 5.10 Å². The maximum atomic E-state index is 5.80. The highest BCUT2D eigenvalue weighted by Gasteiger charge is 2.11. The average molecular weight is 261 g/mol. The summed E-state index contributed by atoms with van der Waals surface area (Å²) in [6.07, 6.45) is 6.92. The standard InChI is InChI=1S/C13H19N5O/c1-4-6-18-8-10(7-17-18)19-13-11(5-2)12(14-3)15-9-16-13/h7-9H,4-6H2,1-3H3,(H,14,15,16). The van der Waals surface area contributed by atoms with Gasteiger partial charge in [-0.15, -0.1) is 0 Å². The van der Waals surface area contributed by atoms with Gasteiger partial charge in [0.25, 0.3) is 0 Å². The van der Waals surface area contributed by atoms with Crippen LogP contribution in [0.25, 0.3) is 0 Å². The lowest BCUT2D eigenvalue weighted by molar-refractivity contribution is 0.454.